The number of rotatable bonds is 4. The van der Waals surface area contributed by atoms with E-state index in [0.29, 0.717) is 5.56 Å². The van der Waals surface area contributed by atoms with Crippen molar-refractivity contribution in [3.63, 3.8) is 0 Å². The summed E-state index contributed by atoms with van der Waals surface area (Å²) in [5.41, 5.74) is 0.520. The monoisotopic (exact) mass is 259 g/mol. The summed E-state index contributed by atoms with van der Waals surface area (Å²) in [6.45, 7) is 1.57. The van der Waals surface area contributed by atoms with Crippen LogP contribution >= 0.6 is 0 Å². The van der Waals surface area contributed by atoms with Crippen LogP contribution in [-0.4, -0.2) is 30.6 Å². The number of halogens is 3. The van der Waals surface area contributed by atoms with Crippen molar-refractivity contribution in [3.8, 4) is 5.75 Å². The number of hydrogen-bond donors (Lipinski definition) is 0. The Morgan fingerprint density at radius 2 is 2.06 bits per heavy atom. The second kappa shape index (κ2) is 4.97. The summed E-state index contributed by atoms with van der Waals surface area (Å²) in [6, 6.07) is 5.06. The molecular weight excluding hydrogens is 247 g/mol. The minimum absolute atomic E-state index is 0.299. The Bertz CT molecular complexity index is 430. The van der Waals surface area contributed by atoms with Gasteiger partial charge in [-0.15, -0.1) is 13.2 Å². The Labute approximate surface area is 102 Å². The van der Waals surface area contributed by atoms with Crippen LogP contribution in [0.3, 0.4) is 0 Å². The van der Waals surface area contributed by atoms with Gasteiger partial charge in [0.15, 0.2) is 0 Å². The third-order valence-corrected chi connectivity index (χ3v) is 2.85. The fourth-order valence-electron chi connectivity index (χ4n) is 1.89. The standard InChI is InChI=1S/C12H12F3NO2/c13-12(14,15)18-10-4-1-3-9(7-10)11(8-17)16-5-2-6-16/h1,3-4,7-8,11H,2,5-6H2. The smallest absolute Gasteiger partial charge is 0.406 e. The molecule has 98 valence electrons. The summed E-state index contributed by atoms with van der Waals surface area (Å²) < 4.78 is 40.1. The Morgan fingerprint density at radius 1 is 1.33 bits per heavy atom. The molecule has 1 aromatic rings. The molecule has 0 N–H and O–H groups in total. The van der Waals surface area contributed by atoms with E-state index in [-0.39, 0.29) is 5.75 Å². The number of aldehydes is 1. The number of hydrogen-bond acceptors (Lipinski definition) is 3. The first kappa shape index (κ1) is 12.9. The van der Waals surface area contributed by atoms with Gasteiger partial charge < -0.3 is 9.53 Å². The number of nitrogens with zero attached hydrogens (tertiary/aromatic N) is 1. The van der Waals surface area contributed by atoms with Gasteiger partial charge in [-0.25, -0.2) is 0 Å². The van der Waals surface area contributed by atoms with Crippen molar-refractivity contribution in [2.24, 2.45) is 0 Å². The highest BCUT2D eigenvalue weighted by atomic mass is 19.4. The molecule has 1 heterocycles. The quantitative estimate of drug-likeness (QED) is 0.778. The number of carbonyl (C=O) groups excluding carboxylic acids is 1. The predicted molar refractivity (Wildman–Crippen MR) is 58.1 cm³/mol. The highest BCUT2D eigenvalue weighted by molar-refractivity contribution is 5.62. The Morgan fingerprint density at radius 3 is 2.56 bits per heavy atom. The van der Waals surface area contributed by atoms with E-state index in [4.69, 9.17) is 0 Å². The molecule has 6 heteroatoms. The van der Waals surface area contributed by atoms with Crippen LogP contribution in [0.25, 0.3) is 0 Å². The van der Waals surface area contributed by atoms with Crippen LogP contribution in [0.5, 0.6) is 5.75 Å². The van der Waals surface area contributed by atoms with Crippen LogP contribution in [0.4, 0.5) is 13.2 Å². The molecule has 1 atom stereocenters. The zero-order chi connectivity index (χ0) is 13.2. The molecule has 0 saturated carbocycles. The average Bonchev–Trinajstić information content (AvgIpc) is 2.21. The van der Waals surface area contributed by atoms with E-state index in [2.05, 4.69) is 4.74 Å². The van der Waals surface area contributed by atoms with Crippen molar-refractivity contribution in [3.05, 3.63) is 29.8 Å². The summed E-state index contributed by atoms with van der Waals surface area (Å²) in [4.78, 5) is 12.9. The molecular formula is C12H12F3NO2. The first-order chi connectivity index (χ1) is 8.49. The molecule has 1 fully saturated rings. The molecule has 3 nitrogen and oxygen atoms in total. The number of alkyl halides is 3. The zero-order valence-electron chi connectivity index (χ0n) is 9.48. The lowest BCUT2D eigenvalue weighted by Crippen LogP contribution is -2.40. The van der Waals surface area contributed by atoms with E-state index < -0.39 is 12.4 Å². The first-order valence-corrected chi connectivity index (χ1v) is 5.54. The van der Waals surface area contributed by atoms with Gasteiger partial charge in [-0.2, -0.15) is 0 Å². The summed E-state index contributed by atoms with van der Waals surface area (Å²) in [5, 5.41) is 0. The largest absolute Gasteiger partial charge is 0.573 e. The molecule has 0 aromatic heterocycles. The molecule has 1 aliphatic heterocycles. The average molecular weight is 259 g/mol. The second-order valence-corrected chi connectivity index (χ2v) is 4.09. The SMILES string of the molecule is O=CC(c1cccc(OC(F)(F)F)c1)N1CCC1. The molecule has 1 aliphatic rings. The minimum atomic E-state index is -4.72. The van der Waals surface area contributed by atoms with Gasteiger partial charge in [0.2, 0.25) is 0 Å². The molecule has 1 saturated heterocycles. The molecule has 1 unspecified atom stereocenters. The molecule has 0 spiro atoms. The van der Waals surface area contributed by atoms with E-state index >= 15 is 0 Å². The molecule has 0 aliphatic carbocycles. The number of carbonyl (C=O) groups is 1. The lowest BCUT2D eigenvalue weighted by Gasteiger charge is -2.35. The van der Waals surface area contributed by atoms with Crippen LogP contribution in [-0.2, 0) is 4.79 Å². The molecule has 0 amide bonds. The summed E-state index contributed by atoms with van der Waals surface area (Å²) in [7, 11) is 0. The van der Waals surface area contributed by atoms with Crippen molar-refractivity contribution in [1.29, 1.82) is 0 Å². The van der Waals surface area contributed by atoms with E-state index in [0.717, 1.165) is 25.8 Å². The number of benzene rings is 1. The maximum Gasteiger partial charge on any atom is 0.573 e. The normalized spacial score (nSPS) is 17.9. The fraction of sp³-hybridized carbons (Fsp3) is 0.417. The van der Waals surface area contributed by atoms with Crippen LogP contribution in [0, 0.1) is 0 Å². The van der Waals surface area contributed by atoms with Gasteiger partial charge in [-0.05, 0) is 24.1 Å². The van der Waals surface area contributed by atoms with Crippen molar-refractivity contribution in [2.45, 2.75) is 18.8 Å². The summed E-state index contributed by atoms with van der Waals surface area (Å²) in [5.74, 6) is -0.299. The maximum atomic E-state index is 12.1. The highest BCUT2D eigenvalue weighted by Gasteiger charge is 2.31. The lowest BCUT2D eigenvalue weighted by atomic mass is 10.0. The van der Waals surface area contributed by atoms with Crippen molar-refractivity contribution in [2.75, 3.05) is 13.1 Å². The zero-order valence-corrected chi connectivity index (χ0v) is 9.48. The van der Waals surface area contributed by atoms with Gasteiger partial charge in [0.1, 0.15) is 12.0 Å². The van der Waals surface area contributed by atoms with Gasteiger partial charge in [0.25, 0.3) is 0 Å². The van der Waals surface area contributed by atoms with Crippen LogP contribution in [0.2, 0.25) is 0 Å². The topological polar surface area (TPSA) is 29.5 Å². The van der Waals surface area contributed by atoms with Crippen molar-refractivity contribution < 1.29 is 22.7 Å². The number of ether oxygens (including phenoxy) is 1. The summed E-state index contributed by atoms with van der Waals surface area (Å²) in [6.07, 6.45) is -2.97. The van der Waals surface area contributed by atoms with E-state index in [9.17, 15) is 18.0 Å². The third kappa shape index (κ3) is 3.01. The Hall–Kier alpha value is -1.56. The predicted octanol–water partition coefficient (Wildman–Crippen LogP) is 2.53. The molecule has 1 aromatic carbocycles. The molecule has 0 radical (unpaired) electrons. The molecule has 18 heavy (non-hydrogen) atoms. The minimum Gasteiger partial charge on any atom is -0.406 e. The highest BCUT2D eigenvalue weighted by Crippen LogP contribution is 2.28. The van der Waals surface area contributed by atoms with Gasteiger partial charge in [-0.3, -0.25) is 4.90 Å². The fourth-order valence-corrected chi connectivity index (χ4v) is 1.89. The van der Waals surface area contributed by atoms with Crippen LogP contribution < -0.4 is 4.74 Å². The Balaban J connectivity index is 2.17. The summed E-state index contributed by atoms with van der Waals surface area (Å²) >= 11 is 0. The Kier molecular flexibility index (Phi) is 3.56. The van der Waals surface area contributed by atoms with Crippen molar-refractivity contribution in [1.82, 2.24) is 4.90 Å². The van der Waals surface area contributed by atoms with Gasteiger partial charge in [-0.1, -0.05) is 12.1 Å². The second-order valence-electron chi connectivity index (χ2n) is 4.09. The van der Waals surface area contributed by atoms with Gasteiger partial charge >= 0.3 is 6.36 Å². The van der Waals surface area contributed by atoms with Crippen LogP contribution in [0.15, 0.2) is 24.3 Å². The van der Waals surface area contributed by atoms with Gasteiger partial charge in [0.05, 0.1) is 6.04 Å². The van der Waals surface area contributed by atoms with Gasteiger partial charge in [0, 0.05) is 13.1 Å². The molecule has 2 rings (SSSR count). The van der Waals surface area contributed by atoms with Crippen molar-refractivity contribution >= 4 is 6.29 Å². The molecule has 0 bridgehead atoms. The van der Waals surface area contributed by atoms with Crippen LogP contribution in [0.1, 0.15) is 18.0 Å². The lowest BCUT2D eigenvalue weighted by molar-refractivity contribution is -0.274. The number of likely N-dealkylation sites (tertiary alicyclic amines) is 1. The van der Waals surface area contributed by atoms with E-state index in [1.807, 2.05) is 4.90 Å². The third-order valence-electron chi connectivity index (χ3n) is 2.85. The van der Waals surface area contributed by atoms with E-state index in [1.165, 1.54) is 18.2 Å². The van der Waals surface area contributed by atoms with E-state index in [1.54, 1.807) is 6.07 Å². The first-order valence-electron chi connectivity index (χ1n) is 5.54. The maximum absolute atomic E-state index is 12.1.